The van der Waals surface area contributed by atoms with Gasteiger partial charge >= 0.3 is 0 Å². The number of sulfonamides is 1. The Labute approximate surface area is 199 Å². The third-order valence-corrected chi connectivity index (χ3v) is 7.76. The summed E-state index contributed by atoms with van der Waals surface area (Å²) < 4.78 is 28.0. The summed E-state index contributed by atoms with van der Waals surface area (Å²) in [6.45, 7) is 1.66. The van der Waals surface area contributed by atoms with Crippen molar-refractivity contribution in [3.8, 4) is 0 Å². The maximum absolute atomic E-state index is 13.4. The molecule has 0 saturated carbocycles. The van der Waals surface area contributed by atoms with Gasteiger partial charge in [0, 0.05) is 19.2 Å². The van der Waals surface area contributed by atoms with E-state index in [1.807, 2.05) is 60.7 Å². The van der Waals surface area contributed by atoms with Gasteiger partial charge in [0.25, 0.3) is 0 Å². The first kappa shape index (κ1) is 23.7. The van der Waals surface area contributed by atoms with Gasteiger partial charge in [-0.15, -0.1) is 0 Å². The lowest BCUT2D eigenvalue weighted by atomic mass is 9.98. The van der Waals surface area contributed by atoms with E-state index >= 15 is 0 Å². The summed E-state index contributed by atoms with van der Waals surface area (Å²) in [7, 11) is -3.88. The fourth-order valence-corrected chi connectivity index (χ4v) is 5.88. The molecule has 1 saturated heterocycles. The van der Waals surface area contributed by atoms with E-state index < -0.39 is 22.1 Å². The van der Waals surface area contributed by atoms with E-state index in [4.69, 9.17) is 0 Å². The summed E-state index contributed by atoms with van der Waals surface area (Å²) in [5.41, 5.74) is 2.35. The largest absolute Gasteiger partial charge is 0.344 e. The topological polar surface area (TPSA) is 95.6 Å². The van der Waals surface area contributed by atoms with Crippen molar-refractivity contribution >= 4 is 27.5 Å². The van der Waals surface area contributed by atoms with E-state index in [-0.39, 0.29) is 23.3 Å². The van der Waals surface area contributed by atoms with Gasteiger partial charge in [-0.2, -0.15) is 4.31 Å². The number of hydrogen-bond donors (Lipinski definition) is 2. The molecule has 1 fully saturated rings. The van der Waals surface area contributed by atoms with Crippen LogP contribution >= 0.6 is 0 Å². The van der Waals surface area contributed by atoms with E-state index in [9.17, 15) is 18.0 Å². The molecule has 0 spiro atoms. The number of anilines is 1. The first-order valence-electron chi connectivity index (χ1n) is 11.2. The van der Waals surface area contributed by atoms with Crippen LogP contribution in [0.4, 0.5) is 5.69 Å². The fourth-order valence-electron chi connectivity index (χ4n) is 4.23. The first-order valence-corrected chi connectivity index (χ1v) is 12.6. The van der Waals surface area contributed by atoms with E-state index in [0.29, 0.717) is 18.5 Å². The summed E-state index contributed by atoms with van der Waals surface area (Å²) in [5.74, 6) is -0.563. The van der Waals surface area contributed by atoms with E-state index in [1.165, 1.54) is 23.4 Å². The quantitative estimate of drug-likeness (QED) is 0.542. The maximum atomic E-state index is 13.4. The number of benzene rings is 3. The molecule has 1 heterocycles. The molecule has 0 aromatic heterocycles. The van der Waals surface area contributed by atoms with Crippen LogP contribution in [0.5, 0.6) is 0 Å². The number of carbonyl (C=O) groups excluding carboxylic acids is 2. The molecule has 3 aromatic carbocycles. The standard InChI is InChI=1S/C26H27N3O4S/c1-19(30)27-22-14-16-23(17-15-22)34(32,33)29-18-8-13-24(29)26(31)28-25(20-9-4-2-5-10-20)21-11-6-3-7-12-21/h2-7,9-12,14-17,24-25H,8,13,18H2,1H3,(H,27,30)(H,28,31)/t24-/m1/s1. The highest BCUT2D eigenvalue weighted by Gasteiger charge is 2.40. The fraction of sp³-hybridized carbons (Fsp3) is 0.231. The van der Waals surface area contributed by atoms with Gasteiger partial charge in [0.1, 0.15) is 6.04 Å². The molecule has 3 aromatic rings. The molecule has 0 bridgehead atoms. The van der Waals surface area contributed by atoms with Crippen LogP contribution in [0, 0.1) is 0 Å². The number of hydrogen-bond acceptors (Lipinski definition) is 4. The van der Waals surface area contributed by atoms with Gasteiger partial charge in [0.2, 0.25) is 21.8 Å². The van der Waals surface area contributed by atoms with Gasteiger partial charge in [0.15, 0.2) is 0 Å². The van der Waals surface area contributed by atoms with E-state index in [2.05, 4.69) is 10.6 Å². The Morgan fingerprint density at radius 3 is 1.97 bits per heavy atom. The Morgan fingerprint density at radius 1 is 0.882 bits per heavy atom. The van der Waals surface area contributed by atoms with E-state index in [0.717, 1.165) is 11.1 Å². The molecule has 8 heteroatoms. The molecule has 34 heavy (non-hydrogen) atoms. The number of carbonyl (C=O) groups is 2. The molecule has 0 radical (unpaired) electrons. The van der Waals surface area contributed by atoms with Gasteiger partial charge in [-0.3, -0.25) is 9.59 Å². The van der Waals surface area contributed by atoms with Crippen molar-refractivity contribution in [2.24, 2.45) is 0 Å². The first-order chi connectivity index (χ1) is 16.4. The van der Waals surface area contributed by atoms with Gasteiger partial charge in [-0.05, 0) is 48.2 Å². The van der Waals surface area contributed by atoms with Crippen molar-refractivity contribution in [1.29, 1.82) is 0 Å². The van der Waals surface area contributed by atoms with Crippen molar-refractivity contribution < 1.29 is 18.0 Å². The van der Waals surface area contributed by atoms with Crippen molar-refractivity contribution in [2.45, 2.75) is 36.7 Å². The molecule has 7 nitrogen and oxygen atoms in total. The van der Waals surface area contributed by atoms with Gasteiger partial charge < -0.3 is 10.6 Å². The van der Waals surface area contributed by atoms with E-state index in [1.54, 1.807) is 12.1 Å². The van der Waals surface area contributed by atoms with Gasteiger partial charge in [0.05, 0.1) is 10.9 Å². The minimum atomic E-state index is -3.88. The molecule has 2 amide bonds. The summed E-state index contributed by atoms with van der Waals surface area (Å²) in [5, 5.41) is 5.70. The maximum Gasteiger partial charge on any atom is 0.243 e. The molecule has 0 unspecified atom stereocenters. The smallest absolute Gasteiger partial charge is 0.243 e. The van der Waals surface area contributed by atoms with Crippen LogP contribution in [-0.2, 0) is 19.6 Å². The monoisotopic (exact) mass is 477 g/mol. The summed E-state index contributed by atoms with van der Waals surface area (Å²) in [6, 6.07) is 24.0. The van der Waals surface area contributed by atoms with Crippen molar-refractivity contribution in [2.75, 3.05) is 11.9 Å². The van der Waals surface area contributed by atoms with Crippen molar-refractivity contribution in [3.05, 3.63) is 96.1 Å². The Hall–Kier alpha value is -3.49. The molecular formula is C26H27N3O4S. The lowest BCUT2D eigenvalue weighted by Gasteiger charge is -2.27. The molecule has 1 aliphatic heterocycles. The highest BCUT2D eigenvalue weighted by molar-refractivity contribution is 7.89. The third kappa shape index (κ3) is 5.18. The zero-order valence-corrected chi connectivity index (χ0v) is 19.7. The Balaban J connectivity index is 1.57. The summed E-state index contributed by atoms with van der Waals surface area (Å²) >= 11 is 0. The SMILES string of the molecule is CC(=O)Nc1ccc(S(=O)(=O)N2CCC[C@@H]2C(=O)NC(c2ccccc2)c2ccccc2)cc1. The van der Waals surface area contributed by atoms with Crippen LogP contribution in [-0.4, -0.2) is 37.1 Å². The zero-order chi connectivity index (χ0) is 24.1. The lowest BCUT2D eigenvalue weighted by Crippen LogP contribution is -2.46. The van der Waals surface area contributed by atoms with Gasteiger partial charge in [-0.1, -0.05) is 60.7 Å². The number of nitrogens with zero attached hydrogens (tertiary/aromatic N) is 1. The molecule has 0 aliphatic carbocycles. The average Bonchev–Trinajstić information content (AvgIpc) is 3.35. The lowest BCUT2D eigenvalue weighted by molar-refractivity contribution is -0.124. The highest BCUT2D eigenvalue weighted by Crippen LogP contribution is 2.29. The minimum Gasteiger partial charge on any atom is -0.344 e. The van der Waals surface area contributed by atoms with Gasteiger partial charge in [-0.25, -0.2) is 8.42 Å². The Morgan fingerprint density at radius 2 is 1.44 bits per heavy atom. The van der Waals surface area contributed by atoms with Crippen LogP contribution < -0.4 is 10.6 Å². The third-order valence-electron chi connectivity index (χ3n) is 5.84. The second-order valence-corrected chi connectivity index (χ2v) is 10.1. The Kier molecular flexibility index (Phi) is 7.09. The van der Waals surface area contributed by atoms with Crippen molar-refractivity contribution in [3.63, 3.8) is 0 Å². The van der Waals surface area contributed by atoms with Crippen LogP contribution in [0.25, 0.3) is 0 Å². The van der Waals surface area contributed by atoms with Crippen molar-refractivity contribution in [1.82, 2.24) is 9.62 Å². The molecular weight excluding hydrogens is 450 g/mol. The summed E-state index contributed by atoms with van der Waals surface area (Å²) in [4.78, 5) is 24.7. The normalized spacial score (nSPS) is 16.4. The summed E-state index contributed by atoms with van der Waals surface area (Å²) in [6.07, 6.45) is 1.05. The second kappa shape index (κ2) is 10.2. The van der Waals surface area contributed by atoms with Crippen LogP contribution in [0.15, 0.2) is 89.8 Å². The predicted octanol–water partition coefficient (Wildman–Crippen LogP) is 3.70. The van der Waals surface area contributed by atoms with Crippen LogP contribution in [0.1, 0.15) is 36.9 Å². The minimum absolute atomic E-state index is 0.0870. The molecule has 1 aliphatic rings. The highest BCUT2D eigenvalue weighted by atomic mass is 32.2. The molecule has 176 valence electrons. The zero-order valence-electron chi connectivity index (χ0n) is 18.8. The van der Waals surface area contributed by atoms with Crippen LogP contribution in [0.3, 0.4) is 0 Å². The number of nitrogens with one attached hydrogen (secondary N) is 2. The second-order valence-electron chi connectivity index (χ2n) is 8.24. The number of rotatable bonds is 7. The Bertz CT molecular complexity index is 1210. The molecule has 1 atom stereocenters. The number of amides is 2. The van der Waals surface area contributed by atoms with Crippen LogP contribution in [0.2, 0.25) is 0 Å². The average molecular weight is 478 g/mol. The predicted molar refractivity (Wildman–Crippen MR) is 131 cm³/mol. The molecule has 4 rings (SSSR count). The molecule has 2 N–H and O–H groups in total.